The average molecular weight is 364 g/mol. The number of nitriles is 1. The molecule has 0 unspecified atom stereocenters. The van der Waals surface area contributed by atoms with E-state index in [4.69, 9.17) is 10.00 Å². The molecule has 0 saturated heterocycles. The van der Waals surface area contributed by atoms with Gasteiger partial charge in [-0.15, -0.1) is 0 Å². The zero-order valence-electron chi connectivity index (χ0n) is 14.6. The molecule has 0 aliphatic heterocycles. The lowest BCUT2D eigenvalue weighted by Gasteiger charge is -2.10. The lowest BCUT2D eigenvalue weighted by atomic mass is 10.1. The highest BCUT2D eigenvalue weighted by molar-refractivity contribution is 7.97. The number of imidazole rings is 1. The molecule has 26 heavy (non-hydrogen) atoms. The van der Waals surface area contributed by atoms with Gasteiger partial charge in [-0.1, -0.05) is 24.3 Å². The molecule has 5 nitrogen and oxygen atoms in total. The number of hydrogen-bond acceptors (Lipinski definition) is 5. The maximum absolute atomic E-state index is 8.88. The van der Waals surface area contributed by atoms with Crippen LogP contribution < -0.4 is 9.46 Å². The largest absolute Gasteiger partial charge is 0.496 e. The quantitative estimate of drug-likeness (QED) is 0.488. The van der Waals surface area contributed by atoms with Gasteiger partial charge in [0.2, 0.25) is 0 Å². The van der Waals surface area contributed by atoms with E-state index in [1.165, 1.54) is 5.69 Å². The first kappa shape index (κ1) is 18.1. The Balaban J connectivity index is 1.53. The number of rotatable bonds is 8. The molecule has 0 atom stereocenters. The van der Waals surface area contributed by atoms with Gasteiger partial charge in [-0.3, -0.25) is 4.72 Å². The van der Waals surface area contributed by atoms with Gasteiger partial charge in [0, 0.05) is 31.4 Å². The van der Waals surface area contributed by atoms with E-state index in [0.717, 1.165) is 35.7 Å². The molecule has 6 heteroatoms. The maximum atomic E-state index is 8.88. The van der Waals surface area contributed by atoms with Crippen LogP contribution in [-0.4, -0.2) is 23.2 Å². The normalized spacial score (nSPS) is 10.5. The molecule has 3 rings (SSSR count). The molecule has 1 heterocycles. The summed E-state index contributed by atoms with van der Waals surface area (Å²) in [6.07, 6.45) is 4.62. The maximum Gasteiger partial charge on any atom is 0.133 e. The first-order valence-electron chi connectivity index (χ1n) is 8.31. The van der Waals surface area contributed by atoms with Crippen LogP contribution in [0, 0.1) is 11.3 Å². The number of nitrogens with one attached hydrogen (secondary N) is 1. The fraction of sp³-hybridized carbons (Fsp3) is 0.200. The van der Waals surface area contributed by atoms with Crippen molar-refractivity contribution in [3.8, 4) is 11.8 Å². The summed E-state index contributed by atoms with van der Waals surface area (Å²) in [5.74, 6) is 0.871. The summed E-state index contributed by atoms with van der Waals surface area (Å²) in [5.41, 5.74) is 3.00. The Labute approximate surface area is 157 Å². The van der Waals surface area contributed by atoms with Gasteiger partial charge in [-0.25, -0.2) is 4.98 Å². The Morgan fingerprint density at radius 1 is 1.19 bits per heavy atom. The molecular formula is C20H20N4OS. The van der Waals surface area contributed by atoms with Crippen LogP contribution in [0.15, 0.2) is 66.0 Å². The summed E-state index contributed by atoms with van der Waals surface area (Å²) in [5, 5.41) is 8.88. The summed E-state index contributed by atoms with van der Waals surface area (Å²) >= 11 is 1.57. The minimum Gasteiger partial charge on any atom is -0.496 e. The Bertz CT molecular complexity index is 883. The average Bonchev–Trinajstić information content (AvgIpc) is 3.13. The molecule has 0 radical (unpaired) electrons. The van der Waals surface area contributed by atoms with Crippen molar-refractivity contribution < 1.29 is 4.74 Å². The molecular weight excluding hydrogens is 344 g/mol. The number of aromatic nitrogens is 2. The van der Waals surface area contributed by atoms with Crippen molar-refractivity contribution in [1.29, 1.82) is 5.26 Å². The molecule has 1 aromatic heterocycles. The van der Waals surface area contributed by atoms with Crippen molar-refractivity contribution in [2.45, 2.75) is 17.9 Å². The van der Waals surface area contributed by atoms with Gasteiger partial charge in [-0.05, 0) is 41.8 Å². The lowest BCUT2D eigenvalue weighted by Crippen LogP contribution is -2.12. The molecule has 0 amide bonds. The van der Waals surface area contributed by atoms with E-state index in [-0.39, 0.29) is 0 Å². The van der Waals surface area contributed by atoms with Crippen molar-refractivity contribution >= 4 is 11.9 Å². The monoisotopic (exact) mass is 364 g/mol. The first-order valence-corrected chi connectivity index (χ1v) is 9.12. The molecule has 132 valence electrons. The molecule has 0 bridgehead atoms. The molecule has 2 aromatic carbocycles. The second kappa shape index (κ2) is 9.09. The summed E-state index contributed by atoms with van der Waals surface area (Å²) in [4.78, 5) is 5.34. The Morgan fingerprint density at radius 2 is 2.00 bits per heavy atom. The summed E-state index contributed by atoms with van der Waals surface area (Å²) in [6, 6.07) is 17.7. The van der Waals surface area contributed by atoms with Gasteiger partial charge in [0.25, 0.3) is 0 Å². The van der Waals surface area contributed by atoms with Gasteiger partial charge < -0.3 is 9.30 Å². The Kier molecular flexibility index (Phi) is 6.31. The van der Waals surface area contributed by atoms with Crippen LogP contribution in [0.4, 0.5) is 0 Å². The van der Waals surface area contributed by atoms with Crippen LogP contribution in [0.3, 0.4) is 0 Å². The van der Waals surface area contributed by atoms with Gasteiger partial charge >= 0.3 is 0 Å². The second-order valence-corrected chi connectivity index (χ2v) is 6.65. The van der Waals surface area contributed by atoms with Gasteiger partial charge in [0.15, 0.2) is 0 Å². The predicted molar refractivity (Wildman–Crippen MR) is 103 cm³/mol. The SMILES string of the molecule is COc1ccccc1SNCCc1cncn1Cc1ccc(C#N)cc1. The van der Waals surface area contributed by atoms with Crippen LogP contribution in [-0.2, 0) is 13.0 Å². The van der Waals surface area contributed by atoms with Crippen molar-refractivity contribution in [3.63, 3.8) is 0 Å². The Hall–Kier alpha value is -2.75. The third kappa shape index (κ3) is 4.66. The smallest absolute Gasteiger partial charge is 0.133 e. The highest BCUT2D eigenvalue weighted by Crippen LogP contribution is 2.26. The van der Waals surface area contributed by atoms with Gasteiger partial charge in [-0.2, -0.15) is 5.26 Å². The van der Waals surface area contributed by atoms with Crippen molar-refractivity contribution in [2.24, 2.45) is 0 Å². The van der Waals surface area contributed by atoms with Gasteiger partial charge in [0.05, 0.1) is 30.0 Å². The first-order chi connectivity index (χ1) is 12.8. The molecule has 3 aromatic rings. The lowest BCUT2D eigenvalue weighted by molar-refractivity contribution is 0.404. The zero-order chi connectivity index (χ0) is 18.2. The topological polar surface area (TPSA) is 62.9 Å². The summed E-state index contributed by atoms with van der Waals surface area (Å²) in [7, 11) is 1.68. The summed E-state index contributed by atoms with van der Waals surface area (Å²) < 4.78 is 10.9. The Morgan fingerprint density at radius 3 is 2.77 bits per heavy atom. The fourth-order valence-corrected chi connectivity index (χ4v) is 3.35. The van der Waals surface area contributed by atoms with Crippen LogP contribution in [0.5, 0.6) is 5.75 Å². The van der Waals surface area contributed by atoms with E-state index in [1.807, 2.05) is 61.1 Å². The van der Waals surface area contributed by atoms with E-state index in [9.17, 15) is 0 Å². The van der Waals surface area contributed by atoms with Crippen LogP contribution in [0.2, 0.25) is 0 Å². The number of ether oxygens (including phenoxy) is 1. The highest BCUT2D eigenvalue weighted by atomic mass is 32.2. The standard InChI is InChI=1S/C20H20N4OS/c1-25-19-4-2-3-5-20(19)26-23-11-10-18-13-22-15-24(18)14-17-8-6-16(12-21)7-9-17/h2-9,13,15,23H,10-11,14H2,1H3. The van der Waals surface area contributed by atoms with E-state index in [0.29, 0.717) is 5.56 Å². The number of hydrogen-bond donors (Lipinski definition) is 1. The molecule has 0 aliphatic rings. The predicted octanol–water partition coefficient (Wildman–Crippen LogP) is 3.65. The van der Waals surface area contributed by atoms with Crippen molar-refractivity contribution in [1.82, 2.24) is 14.3 Å². The third-order valence-electron chi connectivity index (χ3n) is 3.97. The number of nitrogens with zero attached hydrogens (tertiary/aromatic N) is 3. The number of para-hydroxylation sites is 1. The number of methoxy groups -OCH3 is 1. The van der Waals surface area contributed by atoms with Crippen LogP contribution in [0.1, 0.15) is 16.8 Å². The van der Waals surface area contributed by atoms with Gasteiger partial charge in [0.1, 0.15) is 5.75 Å². The van der Waals surface area contributed by atoms with E-state index in [1.54, 1.807) is 19.1 Å². The van der Waals surface area contributed by atoms with Crippen molar-refractivity contribution in [3.05, 3.63) is 77.9 Å². The molecule has 0 aliphatic carbocycles. The molecule has 0 fully saturated rings. The number of benzene rings is 2. The molecule has 0 spiro atoms. The van der Waals surface area contributed by atoms with E-state index >= 15 is 0 Å². The minimum absolute atomic E-state index is 0.678. The third-order valence-corrected chi connectivity index (χ3v) is 4.87. The van der Waals surface area contributed by atoms with Crippen LogP contribution in [0.25, 0.3) is 0 Å². The highest BCUT2D eigenvalue weighted by Gasteiger charge is 2.05. The fourth-order valence-electron chi connectivity index (χ4n) is 2.59. The van der Waals surface area contributed by atoms with E-state index < -0.39 is 0 Å². The molecule has 0 saturated carbocycles. The summed E-state index contributed by atoms with van der Waals surface area (Å²) in [6.45, 7) is 1.57. The van der Waals surface area contributed by atoms with Crippen molar-refractivity contribution in [2.75, 3.05) is 13.7 Å². The van der Waals surface area contributed by atoms with Crippen LogP contribution >= 0.6 is 11.9 Å². The molecule has 1 N–H and O–H groups in total. The zero-order valence-corrected chi connectivity index (χ0v) is 15.4. The minimum atomic E-state index is 0.678. The second-order valence-electron chi connectivity index (χ2n) is 5.72. The van der Waals surface area contributed by atoms with E-state index in [2.05, 4.69) is 20.3 Å².